The maximum atomic E-state index is 12.9. The minimum Gasteiger partial charge on any atom is -0.493 e. The highest BCUT2D eigenvalue weighted by molar-refractivity contribution is 5.84. The molecule has 8 nitrogen and oxygen atoms in total. The molecule has 0 spiro atoms. The number of hydrogen-bond acceptors (Lipinski definition) is 6. The molecule has 1 aliphatic rings. The van der Waals surface area contributed by atoms with E-state index in [0.717, 1.165) is 0 Å². The van der Waals surface area contributed by atoms with Crippen molar-refractivity contribution in [3.05, 3.63) is 48.0 Å². The summed E-state index contributed by atoms with van der Waals surface area (Å²) in [5.74, 6) is -0.0929. The first-order valence-corrected chi connectivity index (χ1v) is 9.51. The lowest BCUT2D eigenvalue weighted by Gasteiger charge is -2.34. The van der Waals surface area contributed by atoms with Crippen LogP contribution in [-0.4, -0.2) is 56.6 Å². The Hall–Kier alpha value is -3.63. The van der Waals surface area contributed by atoms with E-state index in [1.54, 1.807) is 18.2 Å². The van der Waals surface area contributed by atoms with Gasteiger partial charge in [-0.15, -0.1) is 13.2 Å². The van der Waals surface area contributed by atoms with Crippen LogP contribution in [0.4, 0.5) is 18.0 Å². The Bertz CT molecular complexity index is 943. The number of nitrogens with zero attached hydrogens (tertiary/aromatic N) is 1. The zero-order valence-electron chi connectivity index (χ0n) is 17.3. The number of rotatable bonds is 6. The lowest BCUT2D eigenvalue weighted by atomic mass is 10.0. The van der Waals surface area contributed by atoms with Crippen LogP contribution < -0.4 is 24.3 Å². The average molecular weight is 454 g/mol. The van der Waals surface area contributed by atoms with Crippen molar-refractivity contribution in [2.24, 2.45) is 0 Å². The van der Waals surface area contributed by atoms with Gasteiger partial charge < -0.3 is 24.3 Å². The number of amides is 2. The lowest BCUT2D eigenvalue weighted by molar-refractivity contribution is -0.274. The molecule has 2 amide bonds. The molecule has 1 atom stereocenters. The van der Waals surface area contributed by atoms with Crippen LogP contribution in [0.2, 0.25) is 0 Å². The molecule has 0 saturated carbocycles. The highest BCUT2D eigenvalue weighted by Gasteiger charge is 2.33. The fraction of sp³-hybridized carbons (Fsp3) is 0.333. The third-order valence-electron chi connectivity index (χ3n) is 4.72. The first-order chi connectivity index (χ1) is 15.2. The van der Waals surface area contributed by atoms with E-state index < -0.39 is 18.5 Å². The largest absolute Gasteiger partial charge is 0.573 e. The molecule has 0 radical (unpaired) electrons. The molecule has 1 unspecified atom stereocenters. The van der Waals surface area contributed by atoms with Crippen LogP contribution in [0, 0.1) is 0 Å². The number of carbonyl (C=O) groups is 2. The molecule has 2 aromatic rings. The van der Waals surface area contributed by atoms with Crippen molar-refractivity contribution in [2.75, 3.05) is 27.3 Å². The summed E-state index contributed by atoms with van der Waals surface area (Å²) in [6.07, 6.45) is -5.30. The minimum atomic E-state index is -4.78. The number of hydrogen-bond donors (Lipinski definition) is 1. The van der Waals surface area contributed by atoms with E-state index in [9.17, 15) is 22.8 Å². The van der Waals surface area contributed by atoms with Gasteiger partial charge in [0.15, 0.2) is 11.5 Å². The minimum absolute atomic E-state index is 0.0703. The van der Waals surface area contributed by atoms with Crippen LogP contribution in [0.15, 0.2) is 42.5 Å². The SMILES string of the molecule is COc1cccc(OC)c1OC(=O)N1CC(=O)NCC1Cc1ccc(OC(F)(F)F)cc1. The maximum absolute atomic E-state index is 12.9. The third kappa shape index (κ3) is 5.74. The smallest absolute Gasteiger partial charge is 0.493 e. The van der Waals surface area contributed by atoms with Crippen LogP contribution >= 0.6 is 0 Å². The van der Waals surface area contributed by atoms with Crippen molar-refractivity contribution in [1.82, 2.24) is 10.2 Å². The van der Waals surface area contributed by atoms with Gasteiger partial charge in [-0.25, -0.2) is 4.79 Å². The van der Waals surface area contributed by atoms with Crippen molar-refractivity contribution in [1.29, 1.82) is 0 Å². The van der Waals surface area contributed by atoms with Gasteiger partial charge in [0.05, 0.1) is 20.3 Å². The monoisotopic (exact) mass is 454 g/mol. The normalized spacial score (nSPS) is 16.2. The number of carbonyl (C=O) groups excluding carboxylic acids is 2. The zero-order valence-corrected chi connectivity index (χ0v) is 17.3. The van der Waals surface area contributed by atoms with Gasteiger partial charge in [0.2, 0.25) is 11.7 Å². The number of halogens is 3. The summed E-state index contributed by atoms with van der Waals surface area (Å²) in [5.41, 5.74) is 0.647. The molecular formula is C21H21F3N2O6. The summed E-state index contributed by atoms with van der Waals surface area (Å²) < 4.78 is 56.8. The summed E-state index contributed by atoms with van der Waals surface area (Å²) in [5, 5.41) is 2.68. The molecule has 1 aliphatic heterocycles. The topological polar surface area (TPSA) is 86.3 Å². The fourth-order valence-corrected chi connectivity index (χ4v) is 3.24. The van der Waals surface area contributed by atoms with Crippen LogP contribution in [0.5, 0.6) is 23.0 Å². The van der Waals surface area contributed by atoms with E-state index in [0.29, 0.717) is 5.56 Å². The lowest BCUT2D eigenvalue weighted by Crippen LogP contribution is -2.57. The van der Waals surface area contributed by atoms with Crippen LogP contribution in [-0.2, 0) is 11.2 Å². The number of para-hydroxylation sites is 1. The van der Waals surface area contributed by atoms with Crippen LogP contribution in [0.25, 0.3) is 0 Å². The number of nitrogens with one attached hydrogen (secondary N) is 1. The molecule has 1 saturated heterocycles. The van der Waals surface area contributed by atoms with E-state index in [4.69, 9.17) is 14.2 Å². The first kappa shape index (κ1) is 23.0. The Morgan fingerprint density at radius 3 is 2.28 bits per heavy atom. The van der Waals surface area contributed by atoms with E-state index in [1.807, 2.05) is 0 Å². The molecular weight excluding hydrogens is 433 g/mol. The van der Waals surface area contributed by atoms with Gasteiger partial charge in [-0.3, -0.25) is 9.69 Å². The molecule has 0 aliphatic carbocycles. The molecule has 1 N–H and O–H groups in total. The number of methoxy groups -OCH3 is 2. The number of alkyl halides is 3. The predicted octanol–water partition coefficient (Wildman–Crippen LogP) is 3.14. The van der Waals surface area contributed by atoms with Gasteiger partial charge in [0.1, 0.15) is 12.3 Å². The Morgan fingerprint density at radius 1 is 1.09 bits per heavy atom. The van der Waals surface area contributed by atoms with E-state index in [-0.39, 0.29) is 48.4 Å². The standard InChI is InChI=1S/C21H21F3N2O6/c1-29-16-4-3-5-17(30-2)19(16)31-20(28)26-12-18(27)25-11-14(26)10-13-6-8-15(9-7-13)32-21(22,23)24/h3-9,14H,10-12H2,1-2H3,(H,25,27). The zero-order chi connectivity index (χ0) is 23.3. The number of ether oxygens (including phenoxy) is 4. The van der Waals surface area contributed by atoms with Crippen molar-refractivity contribution in [3.8, 4) is 23.0 Å². The second-order valence-electron chi connectivity index (χ2n) is 6.84. The van der Waals surface area contributed by atoms with Crippen molar-refractivity contribution >= 4 is 12.0 Å². The van der Waals surface area contributed by atoms with Gasteiger partial charge in [0.25, 0.3) is 0 Å². The van der Waals surface area contributed by atoms with Crippen molar-refractivity contribution in [2.45, 2.75) is 18.8 Å². The Labute approximate surface area is 181 Å². The summed E-state index contributed by atoms with van der Waals surface area (Å²) in [6.45, 7) is -0.0893. The number of piperazine rings is 1. The van der Waals surface area contributed by atoms with Crippen LogP contribution in [0.1, 0.15) is 5.56 Å². The highest BCUT2D eigenvalue weighted by atomic mass is 19.4. The van der Waals surface area contributed by atoms with E-state index in [2.05, 4.69) is 10.1 Å². The maximum Gasteiger partial charge on any atom is 0.573 e. The third-order valence-corrected chi connectivity index (χ3v) is 4.72. The molecule has 2 aromatic carbocycles. The van der Waals surface area contributed by atoms with Crippen molar-refractivity contribution in [3.63, 3.8) is 0 Å². The fourth-order valence-electron chi connectivity index (χ4n) is 3.24. The molecule has 1 fully saturated rings. The Balaban J connectivity index is 1.76. The van der Waals surface area contributed by atoms with Crippen molar-refractivity contribution < 1.29 is 41.7 Å². The second-order valence-corrected chi connectivity index (χ2v) is 6.84. The van der Waals surface area contributed by atoms with Gasteiger partial charge in [-0.1, -0.05) is 18.2 Å². The van der Waals surface area contributed by atoms with Gasteiger partial charge >= 0.3 is 12.5 Å². The van der Waals surface area contributed by atoms with E-state index in [1.165, 1.54) is 43.4 Å². The summed E-state index contributed by atoms with van der Waals surface area (Å²) in [6, 6.07) is 9.66. The van der Waals surface area contributed by atoms with Gasteiger partial charge in [-0.2, -0.15) is 0 Å². The molecule has 172 valence electrons. The Morgan fingerprint density at radius 2 is 1.72 bits per heavy atom. The molecule has 0 aromatic heterocycles. The molecule has 3 rings (SSSR count). The van der Waals surface area contributed by atoms with E-state index >= 15 is 0 Å². The average Bonchev–Trinajstić information content (AvgIpc) is 2.75. The van der Waals surface area contributed by atoms with Gasteiger partial charge in [-0.05, 0) is 36.2 Å². The number of benzene rings is 2. The Kier molecular flexibility index (Phi) is 6.96. The molecule has 1 heterocycles. The quantitative estimate of drug-likeness (QED) is 0.722. The summed E-state index contributed by atoms with van der Waals surface area (Å²) >= 11 is 0. The summed E-state index contributed by atoms with van der Waals surface area (Å²) in [7, 11) is 2.82. The predicted molar refractivity (Wildman–Crippen MR) is 106 cm³/mol. The highest BCUT2D eigenvalue weighted by Crippen LogP contribution is 2.37. The molecule has 11 heteroatoms. The molecule has 0 bridgehead atoms. The van der Waals surface area contributed by atoms with Gasteiger partial charge in [0, 0.05) is 6.54 Å². The summed E-state index contributed by atoms with van der Waals surface area (Å²) in [4.78, 5) is 26.1. The first-order valence-electron chi connectivity index (χ1n) is 9.51. The molecule has 32 heavy (non-hydrogen) atoms. The van der Waals surface area contributed by atoms with Crippen LogP contribution in [0.3, 0.4) is 0 Å². The second kappa shape index (κ2) is 9.67.